The van der Waals surface area contributed by atoms with E-state index in [0.29, 0.717) is 6.73 Å². The van der Waals surface area contributed by atoms with Gasteiger partial charge in [0.1, 0.15) is 6.73 Å². The molecule has 0 unspecified atom stereocenters. The Labute approximate surface area is 43.2 Å². The first kappa shape index (κ1) is 4.78. The van der Waals surface area contributed by atoms with E-state index in [1.165, 1.54) is 0 Å². The minimum absolute atomic E-state index is 0.0972. The van der Waals surface area contributed by atoms with Gasteiger partial charge < -0.3 is 4.74 Å². The van der Waals surface area contributed by atoms with Crippen molar-refractivity contribution in [3.05, 3.63) is 0 Å². The molecule has 0 radical (unpaired) electrons. The van der Waals surface area contributed by atoms with Crippen molar-refractivity contribution < 1.29 is 4.74 Å². The molecule has 1 rings (SSSR count). The van der Waals surface area contributed by atoms with Crippen molar-refractivity contribution >= 4 is 6.21 Å². The number of hydrogen-bond donors (Lipinski definition) is 0. The van der Waals surface area contributed by atoms with Crippen molar-refractivity contribution in [3.63, 3.8) is 0 Å². The summed E-state index contributed by atoms with van der Waals surface area (Å²) >= 11 is 0. The Kier molecular flexibility index (Phi) is 0.889. The first-order valence-corrected chi connectivity index (χ1v) is 2.36. The van der Waals surface area contributed by atoms with Crippen molar-refractivity contribution in [2.45, 2.75) is 19.4 Å². The molecule has 1 heterocycles. The number of aliphatic imine (C=N–C) groups is 1. The Morgan fingerprint density at radius 3 is 2.57 bits per heavy atom. The van der Waals surface area contributed by atoms with Gasteiger partial charge in [0.25, 0.3) is 0 Å². The van der Waals surface area contributed by atoms with Crippen molar-refractivity contribution in [2.75, 3.05) is 6.73 Å². The van der Waals surface area contributed by atoms with Crippen LogP contribution in [0.2, 0.25) is 0 Å². The van der Waals surface area contributed by atoms with Gasteiger partial charge in [0.2, 0.25) is 0 Å². The van der Waals surface area contributed by atoms with E-state index in [9.17, 15) is 0 Å². The van der Waals surface area contributed by atoms with Gasteiger partial charge in [-0.25, -0.2) is 0 Å². The third kappa shape index (κ3) is 0.996. The van der Waals surface area contributed by atoms with Crippen LogP contribution in [-0.2, 0) is 4.74 Å². The van der Waals surface area contributed by atoms with Crippen LogP contribution < -0.4 is 0 Å². The topological polar surface area (TPSA) is 21.6 Å². The number of hydrogen-bond acceptors (Lipinski definition) is 2. The van der Waals surface area contributed by atoms with E-state index in [0.717, 1.165) is 0 Å². The zero-order valence-electron chi connectivity index (χ0n) is 4.64. The van der Waals surface area contributed by atoms with Crippen molar-refractivity contribution in [1.29, 1.82) is 0 Å². The molecule has 7 heavy (non-hydrogen) atoms. The molecule has 0 aromatic rings. The quantitative estimate of drug-likeness (QED) is 0.440. The molecular weight excluding hydrogens is 90.1 g/mol. The Morgan fingerprint density at radius 2 is 2.43 bits per heavy atom. The van der Waals surface area contributed by atoms with Gasteiger partial charge in [-0.05, 0) is 13.8 Å². The minimum Gasteiger partial charge on any atom is -0.348 e. The molecule has 1 aliphatic rings. The molecule has 0 bridgehead atoms. The third-order valence-electron chi connectivity index (χ3n) is 0.913. The monoisotopic (exact) mass is 99.1 g/mol. The van der Waals surface area contributed by atoms with E-state index in [2.05, 4.69) is 4.99 Å². The number of rotatable bonds is 0. The fourth-order valence-corrected chi connectivity index (χ4v) is 0.498. The molecule has 40 valence electrons. The first-order valence-electron chi connectivity index (χ1n) is 2.36. The molecule has 0 saturated heterocycles. The van der Waals surface area contributed by atoms with E-state index in [1.807, 2.05) is 20.1 Å². The molecule has 0 saturated carbocycles. The summed E-state index contributed by atoms with van der Waals surface area (Å²) < 4.78 is 5.12. The fourth-order valence-electron chi connectivity index (χ4n) is 0.498. The van der Waals surface area contributed by atoms with E-state index < -0.39 is 0 Å². The van der Waals surface area contributed by atoms with Crippen LogP contribution in [0.15, 0.2) is 4.99 Å². The largest absolute Gasteiger partial charge is 0.348 e. The molecule has 0 aromatic heterocycles. The molecule has 0 aromatic carbocycles. The highest BCUT2D eigenvalue weighted by atomic mass is 16.5. The third-order valence-corrected chi connectivity index (χ3v) is 0.913. The molecule has 1 aliphatic heterocycles. The van der Waals surface area contributed by atoms with Crippen LogP contribution in [0.4, 0.5) is 0 Å². The Hall–Kier alpha value is -0.370. The predicted octanol–water partition coefficient (Wildman–Crippen LogP) is 0.824. The Balaban J connectivity index is 2.57. The lowest BCUT2D eigenvalue weighted by molar-refractivity contribution is 0.0637. The maximum atomic E-state index is 5.12. The molecule has 0 spiro atoms. The van der Waals surface area contributed by atoms with Gasteiger partial charge in [-0.15, -0.1) is 0 Å². The summed E-state index contributed by atoms with van der Waals surface area (Å²) in [5.41, 5.74) is -0.0972. The zero-order chi connectivity index (χ0) is 5.33. The first-order chi connectivity index (χ1) is 3.21. The van der Waals surface area contributed by atoms with Crippen molar-refractivity contribution in [1.82, 2.24) is 0 Å². The average Bonchev–Trinajstić information content (AvgIpc) is 1.84. The standard InChI is InChI=1S/C5H9NO/c1-5(2)3-6-4-7-5/h3H,4H2,1-2H3. The predicted molar refractivity (Wildman–Crippen MR) is 28.5 cm³/mol. The Bertz CT molecular complexity index is 96.3. The second kappa shape index (κ2) is 1.30. The van der Waals surface area contributed by atoms with E-state index in [1.54, 1.807) is 0 Å². The summed E-state index contributed by atoms with van der Waals surface area (Å²) in [4.78, 5) is 3.89. The summed E-state index contributed by atoms with van der Waals surface area (Å²) in [7, 11) is 0. The molecule has 0 aliphatic carbocycles. The highest BCUT2D eigenvalue weighted by Crippen LogP contribution is 2.09. The van der Waals surface area contributed by atoms with Crippen LogP contribution in [0.5, 0.6) is 0 Å². The van der Waals surface area contributed by atoms with Gasteiger partial charge in [-0.1, -0.05) is 0 Å². The lowest BCUT2D eigenvalue weighted by atomic mass is 10.2. The van der Waals surface area contributed by atoms with Gasteiger partial charge in [0.05, 0.1) is 5.60 Å². The molecular formula is C5H9NO. The van der Waals surface area contributed by atoms with Crippen LogP contribution in [0.3, 0.4) is 0 Å². The lowest BCUT2D eigenvalue weighted by Gasteiger charge is -2.10. The van der Waals surface area contributed by atoms with Crippen LogP contribution in [-0.4, -0.2) is 18.5 Å². The smallest absolute Gasteiger partial charge is 0.138 e. The van der Waals surface area contributed by atoms with Crippen molar-refractivity contribution in [2.24, 2.45) is 4.99 Å². The maximum absolute atomic E-state index is 5.12. The molecule has 0 amide bonds. The molecule has 0 fully saturated rings. The second-order valence-corrected chi connectivity index (χ2v) is 2.19. The minimum atomic E-state index is -0.0972. The van der Waals surface area contributed by atoms with E-state index in [4.69, 9.17) is 4.74 Å². The van der Waals surface area contributed by atoms with Crippen LogP contribution in [0.25, 0.3) is 0 Å². The van der Waals surface area contributed by atoms with Gasteiger partial charge in [-0.3, -0.25) is 4.99 Å². The summed E-state index contributed by atoms with van der Waals surface area (Å²) in [6.07, 6.45) is 1.83. The summed E-state index contributed by atoms with van der Waals surface area (Å²) in [5, 5.41) is 0. The summed E-state index contributed by atoms with van der Waals surface area (Å²) in [6.45, 7) is 4.51. The Morgan fingerprint density at radius 1 is 1.71 bits per heavy atom. The van der Waals surface area contributed by atoms with Gasteiger partial charge in [0.15, 0.2) is 0 Å². The number of ether oxygens (including phenoxy) is 1. The zero-order valence-corrected chi connectivity index (χ0v) is 4.64. The van der Waals surface area contributed by atoms with E-state index >= 15 is 0 Å². The highest BCUT2D eigenvalue weighted by molar-refractivity contribution is 5.68. The van der Waals surface area contributed by atoms with Gasteiger partial charge in [-0.2, -0.15) is 0 Å². The second-order valence-electron chi connectivity index (χ2n) is 2.19. The SMILES string of the molecule is CC1(C)C=NCO1. The number of nitrogens with zero attached hydrogens (tertiary/aromatic N) is 1. The fraction of sp³-hybridized carbons (Fsp3) is 0.800. The maximum Gasteiger partial charge on any atom is 0.138 e. The van der Waals surface area contributed by atoms with Gasteiger partial charge in [0, 0.05) is 6.21 Å². The summed E-state index contributed by atoms with van der Waals surface area (Å²) in [6, 6.07) is 0. The summed E-state index contributed by atoms with van der Waals surface area (Å²) in [5.74, 6) is 0. The average molecular weight is 99.1 g/mol. The normalized spacial score (nSPS) is 26.0. The van der Waals surface area contributed by atoms with Crippen LogP contribution >= 0.6 is 0 Å². The van der Waals surface area contributed by atoms with Crippen LogP contribution in [0, 0.1) is 0 Å². The molecule has 0 N–H and O–H groups in total. The molecule has 0 atom stereocenters. The highest BCUT2D eigenvalue weighted by Gasteiger charge is 2.18. The van der Waals surface area contributed by atoms with Crippen LogP contribution in [0.1, 0.15) is 13.8 Å². The van der Waals surface area contributed by atoms with Gasteiger partial charge >= 0.3 is 0 Å². The lowest BCUT2D eigenvalue weighted by Crippen LogP contribution is -2.20. The molecule has 2 heteroatoms. The van der Waals surface area contributed by atoms with Crippen molar-refractivity contribution in [3.8, 4) is 0 Å². The van der Waals surface area contributed by atoms with E-state index in [-0.39, 0.29) is 5.60 Å². The molecule has 2 nitrogen and oxygen atoms in total.